The second-order valence-corrected chi connectivity index (χ2v) is 4.39. The summed E-state index contributed by atoms with van der Waals surface area (Å²) in [4.78, 5) is 23.2. The topological polar surface area (TPSA) is 67.4 Å². The Morgan fingerprint density at radius 3 is 2.56 bits per heavy atom. The van der Waals surface area contributed by atoms with E-state index in [9.17, 15) is 9.59 Å². The Kier molecular flexibility index (Phi) is 4.17. The summed E-state index contributed by atoms with van der Waals surface area (Å²) in [5.74, 6) is -0.715. The summed E-state index contributed by atoms with van der Waals surface area (Å²) in [6.07, 6.45) is 1.09. The molecule has 0 spiro atoms. The van der Waals surface area contributed by atoms with Gasteiger partial charge in [-0.05, 0) is 37.1 Å². The highest BCUT2D eigenvalue weighted by atomic mass is 35.5. The number of amides is 2. The van der Waals surface area contributed by atoms with Crippen LogP contribution in [-0.4, -0.2) is 24.5 Å². The third-order valence-electron chi connectivity index (χ3n) is 2.63. The summed E-state index contributed by atoms with van der Waals surface area (Å²) < 4.78 is 5.19. The molecule has 1 fully saturated rings. The Bertz CT molecular complexity index is 441. The molecule has 1 aliphatic rings. The minimum absolute atomic E-state index is 0.324. The lowest BCUT2D eigenvalue weighted by atomic mass is 10.2. The zero-order chi connectivity index (χ0) is 13.0. The minimum Gasteiger partial charge on any atom is -0.368 e. The van der Waals surface area contributed by atoms with E-state index in [1.54, 1.807) is 24.3 Å². The van der Waals surface area contributed by atoms with Gasteiger partial charge in [-0.1, -0.05) is 11.6 Å². The van der Waals surface area contributed by atoms with E-state index in [0.29, 0.717) is 23.6 Å². The van der Waals surface area contributed by atoms with Crippen molar-refractivity contribution in [3.8, 4) is 0 Å². The molecule has 1 aromatic carbocycles. The molecule has 0 radical (unpaired) electrons. The van der Waals surface area contributed by atoms with E-state index in [4.69, 9.17) is 16.3 Å². The zero-order valence-electron chi connectivity index (χ0n) is 9.61. The highest BCUT2D eigenvalue weighted by Crippen LogP contribution is 2.11. The molecule has 2 N–H and O–H groups in total. The number of carbonyl (C=O) groups excluding carboxylic acids is 2. The number of carbonyl (C=O) groups is 2. The molecule has 18 heavy (non-hydrogen) atoms. The van der Waals surface area contributed by atoms with Crippen LogP contribution in [0.1, 0.15) is 23.2 Å². The first-order valence-electron chi connectivity index (χ1n) is 5.64. The van der Waals surface area contributed by atoms with Crippen LogP contribution < -0.4 is 10.9 Å². The Morgan fingerprint density at radius 1 is 1.22 bits per heavy atom. The highest BCUT2D eigenvalue weighted by molar-refractivity contribution is 6.30. The molecule has 0 unspecified atom stereocenters. The fourth-order valence-electron chi connectivity index (χ4n) is 1.66. The molecule has 0 aromatic heterocycles. The molecule has 1 heterocycles. The molecule has 1 aliphatic heterocycles. The van der Waals surface area contributed by atoms with Gasteiger partial charge in [-0.3, -0.25) is 20.4 Å². The molecule has 6 heteroatoms. The maximum atomic E-state index is 11.7. The molecule has 1 aromatic rings. The molecule has 2 rings (SSSR count). The van der Waals surface area contributed by atoms with Crippen LogP contribution >= 0.6 is 11.6 Å². The summed E-state index contributed by atoms with van der Waals surface area (Å²) in [5.41, 5.74) is 5.10. The normalized spacial score (nSPS) is 18.4. The van der Waals surface area contributed by atoms with E-state index >= 15 is 0 Å². The Hall–Kier alpha value is -1.59. The van der Waals surface area contributed by atoms with Gasteiger partial charge in [0, 0.05) is 17.2 Å². The summed E-state index contributed by atoms with van der Waals surface area (Å²) in [6.45, 7) is 0.587. The van der Waals surface area contributed by atoms with Crippen molar-refractivity contribution < 1.29 is 14.3 Å². The summed E-state index contributed by atoms with van der Waals surface area (Å²) in [5, 5.41) is 0.551. The summed E-state index contributed by atoms with van der Waals surface area (Å²) >= 11 is 5.71. The van der Waals surface area contributed by atoms with Gasteiger partial charge in [0.25, 0.3) is 11.8 Å². The van der Waals surface area contributed by atoms with Crippen molar-refractivity contribution in [2.75, 3.05) is 6.61 Å². The van der Waals surface area contributed by atoms with Gasteiger partial charge in [-0.15, -0.1) is 0 Å². The molecule has 2 amide bonds. The quantitative estimate of drug-likeness (QED) is 0.794. The molecular weight excluding hydrogens is 256 g/mol. The van der Waals surface area contributed by atoms with Crippen LogP contribution in [0.25, 0.3) is 0 Å². The standard InChI is InChI=1S/C12H13ClN2O3/c13-9-5-3-8(4-6-9)11(16)14-15-12(17)10-2-1-7-18-10/h3-6,10H,1-2,7H2,(H,14,16)(H,15,17)/t10-/m0/s1. The van der Waals surface area contributed by atoms with Crippen molar-refractivity contribution in [3.63, 3.8) is 0 Å². The first-order valence-corrected chi connectivity index (χ1v) is 6.02. The summed E-state index contributed by atoms with van der Waals surface area (Å²) in [7, 11) is 0. The molecule has 0 aliphatic carbocycles. The molecule has 1 saturated heterocycles. The number of benzene rings is 1. The lowest BCUT2D eigenvalue weighted by molar-refractivity contribution is -0.130. The number of rotatable bonds is 2. The van der Waals surface area contributed by atoms with E-state index in [1.165, 1.54) is 0 Å². The van der Waals surface area contributed by atoms with E-state index in [0.717, 1.165) is 6.42 Å². The molecule has 1 atom stereocenters. The van der Waals surface area contributed by atoms with Crippen molar-refractivity contribution in [3.05, 3.63) is 34.9 Å². The van der Waals surface area contributed by atoms with Crippen molar-refractivity contribution in [2.45, 2.75) is 18.9 Å². The predicted molar refractivity (Wildman–Crippen MR) is 66.0 cm³/mol. The van der Waals surface area contributed by atoms with E-state index < -0.39 is 12.0 Å². The van der Waals surface area contributed by atoms with Gasteiger partial charge in [0.1, 0.15) is 6.10 Å². The van der Waals surface area contributed by atoms with Gasteiger partial charge in [0.2, 0.25) is 0 Å². The third kappa shape index (κ3) is 3.21. The van der Waals surface area contributed by atoms with E-state index in [-0.39, 0.29) is 5.91 Å². The van der Waals surface area contributed by atoms with Gasteiger partial charge < -0.3 is 4.74 Å². The number of hydrogen-bond donors (Lipinski definition) is 2. The van der Waals surface area contributed by atoms with Crippen LogP contribution in [-0.2, 0) is 9.53 Å². The number of halogens is 1. The van der Waals surface area contributed by atoms with Gasteiger partial charge in [0.05, 0.1) is 0 Å². The van der Waals surface area contributed by atoms with Crippen molar-refractivity contribution in [1.29, 1.82) is 0 Å². The molecule has 96 valence electrons. The fourth-order valence-corrected chi connectivity index (χ4v) is 1.78. The van der Waals surface area contributed by atoms with Gasteiger partial charge >= 0.3 is 0 Å². The van der Waals surface area contributed by atoms with Crippen molar-refractivity contribution in [2.24, 2.45) is 0 Å². The Balaban J connectivity index is 1.84. The highest BCUT2D eigenvalue weighted by Gasteiger charge is 2.23. The van der Waals surface area contributed by atoms with Crippen LogP contribution in [0, 0.1) is 0 Å². The van der Waals surface area contributed by atoms with Crippen LogP contribution in [0.15, 0.2) is 24.3 Å². The Labute approximate surface area is 109 Å². The van der Waals surface area contributed by atoms with Crippen LogP contribution in [0.3, 0.4) is 0 Å². The molecule has 0 bridgehead atoms. The largest absolute Gasteiger partial charge is 0.368 e. The Morgan fingerprint density at radius 2 is 1.94 bits per heavy atom. The average molecular weight is 269 g/mol. The monoisotopic (exact) mass is 268 g/mol. The second kappa shape index (κ2) is 5.84. The van der Waals surface area contributed by atoms with E-state index in [1.807, 2.05) is 0 Å². The number of hydrogen-bond acceptors (Lipinski definition) is 3. The molecule has 0 saturated carbocycles. The van der Waals surface area contributed by atoms with Crippen LogP contribution in [0.4, 0.5) is 0 Å². The number of nitrogens with one attached hydrogen (secondary N) is 2. The predicted octanol–water partition coefficient (Wildman–Crippen LogP) is 1.28. The smallest absolute Gasteiger partial charge is 0.269 e. The van der Waals surface area contributed by atoms with Gasteiger partial charge in [-0.25, -0.2) is 0 Å². The first-order chi connectivity index (χ1) is 8.66. The average Bonchev–Trinajstić information content (AvgIpc) is 2.90. The maximum absolute atomic E-state index is 11.7. The third-order valence-corrected chi connectivity index (χ3v) is 2.88. The fraction of sp³-hybridized carbons (Fsp3) is 0.333. The van der Waals surface area contributed by atoms with E-state index in [2.05, 4.69) is 10.9 Å². The first kappa shape index (κ1) is 12.9. The van der Waals surface area contributed by atoms with Crippen LogP contribution in [0.5, 0.6) is 0 Å². The van der Waals surface area contributed by atoms with Gasteiger partial charge in [-0.2, -0.15) is 0 Å². The zero-order valence-corrected chi connectivity index (χ0v) is 10.4. The summed E-state index contributed by atoms with van der Waals surface area (Å²) in [6, 6.07) is 6.38. The number of hydrazine groups is 1. The maximum Gasteiger partial charge on any atom is 0.269 e. The lowest BCUT2D eigenvalue weighted by Crippen LogP contribution is -2.46. The second-order valence-electron chi connectivity index (χ2n) is 3.95. The lowest BCUT2D eigenvalue weighted by Gasteiger charge is -2.11. The SMILES string of the molecule is O=C(NNC(=O)[C@@H]1CCCO1)c1ccc(Cl)cc1. The number of ether oxygens (including phenoxy) is 1. The minimum atomic E-state index is -0.462. The van der Waals surface area contributed by atoms with Crippen molar-refractivity contribution >= 4 is 23.4 Å². The van der Waals surface area contributed by atoms with Crippen LogP contribution in [0.2, 0.25) is 5.02 Å². The van der Waals surface area contributed by atoms with Gasteiger partial charge in [0.15, 0.2) is 0 Å². The molecule has 5 nitrogen and oxygen atoms in total. The van der Waals surface area contributed by atoms with Crippen molar-refractivity contribution in [1.82, 2.24) is 10.9 Å². The molecular formula is C12H13ClN2O3.